The first-order valence-electron chi connectivity index (χ1n) is 13.1. The van der Waals surface area contributed by atoms with Crippen LogP contribution in [0.1, 0.15) is 17.5 Å². The fraction of sp³-hybridized carbons (Fsp3) is 0.393. The predicted octanol–water partition coefficient (Wildman–Crippen LogP) is 2.44. The van der Waals surface area contributed by atoms with E-state index in [1.54, 1.807) is 53.3 Å². The number of piperazine rings is 1. The maximum absolute atomic E-state index is 14.0. The van der Waals surface area contributed by atoms with Gasteiger partial charge in [0.25, 0.3) is 0 Å². The van der Waals surface area contributed by atoms with Crippen molar-refractivity contribution in [2.45, 2.75) is 30.9 Å². The Morgan fingerprint density at radius 1 is 1.12 bits per heavy atom. The highest BCUT2D eigenvalue weighted by Gasteiger charge is 2.52. The van der Waals surface area contributed by atoms with Crippen molar-refractivity contribution in [2.24, 2.45) is 7.05 Å². The summed E-state index contributed by atoms with van der Waals surface area (Å²) in [5.41, 5.74) is 3.25. The van der Waals surface area contributed by atoms with Crippen LogP contribution in [-0.2, 0) is 39.0 Å². The van der Waals surface area contributed by atoms with Gasteiger partial charge in [-0.2, -0.15) is 11.8 Å². The minimum atomic E-state index is -3.93. The van der Waals surface area contributed by atoms with Gasteiger partial charge in [0.2, 0.25) is 21.8 Å². The summed E-state index contributed by atoms with van der Waals surface area (Å²) in [5.74, 6) is -0.00600. The number of benzene rings is 2. The van der Waals surface area contributed by atoms with Crippen LogP contribution in [0.5, 0.6) is 0 Å². The Bertz CT molecular complexity index is 1510. The SMILES string of the molecule is C=CCN1CC(=O)N2[C@@H](CCSC)C(=O)N(Cc3cccc4c3ncn4C)C[C@@H]2N1S(=O)(=O)Cc1ccccc1. The second-order valence-electron chi connectivity index (χ2n) is 10.1. The third kappa shape index (κ3) is 5.40. The summed E-state index contributed by atoms with van der Waals surface area (Å²) < 4.78 is 31.3. The molecule has 2 atom stereocenters. The molecule has 212 valence electrons. The molecule has 2 aliphatic heterocycles. The molecule has 2 aliphatic rings. The van der Waals surface area contributed by atoms with Crippen molar-refractivity contribution in [3.8, 4) is 0 Å². The van der Waals surface area contributed by atoms with Gasteiger partial charge in [0.05, 0.1) is 36.2 Å². The summed E-state index contributed by atoms with van der Waals surface area (Å²) in [7, 11) is -2.02. The molecule has 10 nitrogen and oxygen atoms in total. The van der Waals surface area contributed by atoms with Crippen molar-refractivity contribution < 1.29 is 18.0 Å². The van der Waals surface area contributed by atoms with E-state index in [9.17, 15) is 18.0 Å². The number of fused-ring (bicyclic) bond motifs is 2. The molecule has 0 aliphatic carbocycles. The molecule has 0 spiro atoms. The zero-order valence-electron chi connectivity index (χ0n) is 22.7. The molecule has 5 rings (SSSR count). The van der Waals surface area contributed by atoms with Crippen LogP contribution in [-0.4, -0.2) is 92.9 Å². The first kappa shape index (κ1) is 28.3. The van der Waals surface area contributed by atoms with E-state index in [0.29, 0.717) is 17.7 Å². The monoisotopic (exact) mass is 582 g/mol. The average Bonchev–Trinajstić information content (AvgIpc) is 3.31. The van der Waals surface area contributed by atoms with Gasteiger partial charge in [0.15, 0.2) is 0 Å². The van der Waals surface area contributed by atoms with Crippen molar-refractivity contribution in [1.82, 2.24) is 28.8 Å². The lowest BCUT2D eigenvalue weighted by atomic mass is 10.0. The number of aromatic nitrogens is 2. The molecule has 0 unspecified atom stereocenters. The lowest BCUT2D eigenvalue weighted by Crippen LogP contribution is -2.75. The molecule has 0 saturated carbocycles. The molecule has 2 amide bonds. The van der Waals surface area contributed by atoms with Gasteiger partial charge in [-0.25, -0.2) is 18.4 Å². The van der Waals surface area contributed by atoms with Gasteiger partial charge in [-0.1, -0.05) is 48.5 Å². The molecule has 2 fully saturated rings. The maximum atomic E-state index is 14.0. The minimum Gasteiger partial charge on any atom is -0.334 e. The molecular formula is C28H34N6O4S2. The van der Waals surface area contributed by atoms with Crippen LogP contribution in [0.4, 0.5) is 0 Å². The Labute approximate surface area is 239 Å². The highest BCUT2D eigenvalue weighted by atomic mass is 32.2. The number of aryl methyl sites for hydroxylation is 1. The smallest absolute Gasteiger partial charge is 0.245 e. The number of carbonyl (C=O) groups excluding carboxylic acids is 2. The highest BCUT2D eigenvalue weighted by molar-refractivity contribution is 7.98. The number of hydrazine groups is 1. The third-order valence-corrected chi connectivity index (χ3v) is 9.77. The van der Waals surface area contributed by atoms with Crippen LogP contribution < -0.4 is 0 Å². The number of nitrogens with zero attached hydrogens (tertiary/aromatic N) is 6. The van der Waals surface area contributed by atoms with E-state index >= 15 is 0 Å². The summed E-state index contributed by atoms with van der Waals surface area (Å²) in [5, 5.41) is 1.54. The van der Waals surface area contributed by atoms with Crippen molar-refractivity contribution in [3.05, 3.63) is 78.6 Å². The first-order valence-corrected chi connectivity index (χ1v) is 16.1. The molecule has 0 N–H and O–H groups in total. The zero-order chi connectivity index (χ0) is 28.4. The van der Waals surface area contributed by atoms with E-state index in [-0.39, 0.29) is 43.7 Å². The summed E-state index contributed by atoms with van der Waals surface area (Å²) in [6.07, 6.45) is 4.83. The van der Waals surface area contributed by atoms with Crippen LogP contribution in [0.15, 0.2) is 67.5 Å². The van der Waals surface area contributed by atoms with Crippen molar-refractivity contribution in [3.63, 3.8) is 0 Å². The standard InChI is InChI=1S/C28H34N6O4S2/c1-4-14-32-18-26(35)33-24(13-15-39-3)28(36)31(16-22-11-8-12-23-27(22)29-20-30(23)2)17-25(33)34(32)40(37,38)19-21-9-6-5-7-10-21/h4-12,20,24-25H,1,13-19H2,2-3H3/t24-,25-/m0/s1. The molecule has 40 heavy (non-hydrogen) atoms. The van der Waals surface area contributed by atoms with Crippen LogP contribution in [0.2, 0.25) is 0 Å². The zero-order valence-corrected chi connectivity index (χ0v) is 24.4. The van der Waals surface area contributed by atoms with E-state index < -0.39 is 22.2 Å². The number of sulfonamides is 1. The minimum absolute atomic E-state index is 0.0469. The Morgan fingerprint density at radius 2 is 1.90 bits per heavy atom. The van der Waals surface area contributed by atoms with Gasteiger partial charge in [0.1, 0.15) is 12.2 Å². The number of thioether (sulfide) groups is 1. The molecule has 2 saturated heterocycles. The lowest BCUT2D eigenvalue weighted by molar-refractivity contribution is -0.183. The van der Waals surface area contributed by atoms with Gasteiger partial charge >= 0.3 is 0 Å². The Morgan fingerprint density at radius 3 is 2.62 bits per heavy atom. The molecular weight excluding hydrogens is 548 g/mol. The van der Waals surface area contributed by atoms with Gasteiger partial charge in [0, 0.05) is 20.1 Å². The molecule has 0 bridgehead atoms. The van der Waals surface area contributed by atoms with Gasteiger partial charge in [-0.3, -0.25) is 9.59 Å². The number of hydrogen-bond acceptors (Lipinski definition) is 7. The van der Waals surface area contributed by atoms with Crippen molar-refractivity contribution in [1.29, 1.82) is 0 Å². The quantitative estimate of drug-likeness (QED) is 0.339. The molecule has 2 aromatic carbocycles. The highest BCUT2D eigenvalue weighted by Crippen LogP contribution is 2.32. The predicted molar refractivity (Wildman–Crippen MR) is 156 cm³/mol. The van der Waals surface area contributed by atoms with Crippen LogP contribution in [0, 0.1) is 0 Å². The second-order valence-corrected chi connectivity index (χ2v) is 12.9. The summed E-state index contributed by atoms with van der Waals surface area (Å²) in [6.45, 7) is 4.13. The van der Waals surface area contributed by atoms with Crippen molar-refractivity contribution >= 4 is 44.6 Å². The van der Waals surface area contributed by atoms with E-state index in [2.05, 4.69) is 11.6 Å². The van der Waals surface area contributed by atoms with Crippen LogP contribution in [0.25, 0.3) is 11.0 Å². The Hall–Kier alpha value is -3.19. The number of hydrogen-bond donors (Lipinski definition) is 0. The summed E-state index contributed by atoms with van der Waals surface area (Å²) >= 11 is 1.59. The van der Waals surface area contributed by atoms with Gasteiger partial charge in [-0.05, 0) is 35.6 Å². The number of carbonyl (C=O) groups is 2. The number of para-hydroxylation sites is 1. The Balaban J connectivity index is 1.55. The van der Waals surface area contributed by atoms with E-state index in [4.69, 9.17) is 0 Å². The first-order chi connectivity index (χ1) is 19.2. The summed E-state index contributed by atoms with van der Waals surface area (Å²) in [4.78, 5) is 35.2. The molecule has 12 heteroatoms. The van der Waals surface area contributed by atoms with Crippen molar-refractivity contribution in [2.75, 3.05) is 31.6 Å². The van der Waals surface area contributed by atoms with Crippen LogP contribution in [0.3, 0.4) is 0 Å². The normalized spacial score (nSPS) is 20.8. The van der Waals surface area contributed by atoms with E-state index in [0.717, 1.165) is 16.6 Å². The number of imidazole rings is 1. The largest absolute Gasteiger partial charge is 0.334 e. The molecule has 3 heterocycles. The van der Waals surface area contributed by atoms with E-state index in [1.165, 1.54) is 14.3 Å². The molecule has 0 radical (unpaired) electrons. The fourth-order valence-corrected chi connectivity index (χ4v) is 7.84. The number of amides is 2. The molecule has 1 aromatic heterocycles. The van der Waals surface area contributed by atoms with E-state index in [1.807, 2.05) is 42.1 Å². The topological polar surface area (TPSA) is 99.1 Å². The third-order valence-electron chi connectivity index (χ3n) is 7.39. The van der Waals surface area contributed by atoms with Gasteiger partial charge < -0.3 is 14.4 Å². The second kappa shape index (κ2) is 11.7. The lowest BCUT2D eigenvalue weighted by Gasteiger charge is -2.54. The maximum Gasteiger partial charge on any atom is 0.245 e. The molecule has 3 aromatic rings. The number of rotatable bonds is 10. The van der Waals surface area contributed by atoms with Gasteiger partial charge in [-0.15, -0.1) is 11.0 Å². The average molecular weight is 583 g/mol. The van der Waals surface area contributed by atoms with Crippen LogP contribution >= 0.6 is 11.8 Å². The fourth-order valence-electron chi connectivity index (χ4n) is 5.62. The Kier molecular flexibility index (Phi) is 8.31. The summed E-state index contributed by atoms with van der Waals surface area (Å²) in [6, 6.07) is 14.1.